The second kappa shape index (κ2) is 6.57. The van der Waals surface area contributed by atoms with Gasteiger partial charge in [0.2, 0.25) is 0 Å². The van der Waals surface area contributed by atoms with Gasteiger partial charge < -0.3 is 4.90 Å². The van der Waals surface area contributed by atoms with E-state index in [1.54, 1.807) is 6.07 Å². The Kier molecular flexibility index (Phi) is 5.03. The minimum atomic E-state index is 0.125. The van der Waals surface area contributed by atoms with Crippen LogP contribution in [0, 0.1) is 6.92 Å². The first-order valence-electron chi connectivity index (χ1n) is 7.55. The summed E-state index contributed by atoms with van der Waals surface area (Å²) in [5.74, 6) is 0.929. The number of Topliss-reactive ketones (excluding diaryl/α,β-unsaturated/α-hetero) is 1. The molecule has 110 valence electrons. The van der Waals surface area contributed by atoms with Crippen molar-refractivity contribution in [3.8, 4) is 0 Å². The summed E-state index contributed by atoms with van der Waals surface area (Å²) in [6, 6.07) is 2.25. The number of carbonyl (C=O) groups excluding carboxylic acids is 1. The molecule has 0 bridgehead atoms. The normalized spacial score (nSPS) is 14.8. The van der Waals surface area contributed by atoms with Crippen LogP contribution in [0.15, 0.2) is 6.07 Å². The van der Waals surface area contributed by atoms with E-state index in [4.69, 9.17) is 11.6 Å². The van der Waals surface area contributed by atoms with Crippen LogP contribution in [-0.2, 0) is 0 Å². The Hall–Kier alpha value is -1.09. The van der Waals surface area contributed by atoms with Gasteiger partial charge in [-0.2, -0.15) is 0 Å². The molecule has 0 aromatic carbocycles. The highest BCUT2D eigenvalue weighted by Crippen LogP contribution is 2.34. The zero-order chi connectivity index (χ0) is 14.7. The monoisotopic (exact) mass is 294 g/mol. The number of rotatable bonds is 5. The van der Waals surface area contributed by atoms with E-state index in [1.165, 1.54) is 0 Å². The summed E-state index contributed by atoms with van der Waals surface area (Å²) in [6.45, 7) is 7.10. The molecule has 1 aliphatic heterocycles. The lowest BCUT2D eigenvalue weighted by Crippen LogP contribution is -2.41. The zero-order valence-electron chi connectivity index (χ0n) is 12.6. The molecule has 0 saturated carbocycles. The third kappa shape index (κ3) is 2.98. The number of pyridine rings is 1. The number of carbonyl (C=O) groups is 1. The Bertz CT molecular complexity index is 495. The van der Waals surface area contributed by atoms with Gasteiger partial charge in [-0.25, -0.2) is 4.98 Å². The van der Waals surface area contributed by atoms with Gasteiger partial charge in [-0.05, 0) is 25.8 Å². The molecular weight excluding hydrogens is 272 g/mol. The fraction of sp³-hybridized carbons (Fsp3) is 0.625. The number of halogens is 1. The topological polar surface area (TPSA) is 33.2 Å². The zero-order valence-corrected chi connectivity index (χ0v) is 13.3. The van der Waals surface area contributed by atoms with Crippen molar-refractivity contribution in [1.82, 2.24) is 4.98 Å². The van der Waals surface area contributed by atoms with Crippen LogP contribution >= 0.6 is 11.6 Å². The van der Waals surface area contributed by atoms with E-state index < -0.39 is 0 Å². The van der Waals surface area contributed by atoms with Crippen molar-refractivity contribution < 1.29 is 4.79 Å². The molecule has 0 N–H and O–H groups in total. The van der Waals surface area contributed by atoms with Crippen LogP contribution in [0.4, 0.5) is 5.82 Å². The fourth-order valence-corrected chi connectivity index (χ4v) is 3.36. The number of aromatic nitrogens is 1. The number of aryl methyl sites for hydroxylation is 1. The summed E-state index contributed by atoms with van der Waals surface area (Å²) in [4.78, 5) is 19.1. The van der Waals surface area contributed by atoms with Crippen molar-refractivity contribution in [2.45, 2.75) is 58.9 Å². The molecule has 1 aliphatic rings. The van der Waals surface area contributed by atoms with Crippen molar-refractivity contribution >= 4 is 23.2 Å². The molecule has 0 atom stereocenters. The molecule has 0 aliphatic carbocycles. The lowest BCUT2D eigenvalue weighted by atomic mass is 9.98. The molecule has 2 rings (SSSR count). The van der Waals surface area contributed by atoms with Crippen molar-refractivity contribution in [3.05, 3.63) is 22.3 Å². The molecule has 0 amide bonds. The largest absolute Gasteiger partial charge is 0.353 e. The summed E-state index contributed by atoms with van der Waals surface area (Å²) in [7, 11) is 0. The lowest BCUT2D eigenvalue weighted by Gasteiger charge is -2.37. The number of ketones is 1. The fourth-order valence-electron chi connectivity index (χ4n) is 3.01. The van der Waals surface area contributed by atoms with E-state index in [0.717, 1.165) is 43.7 Å². The standard InChI is InChI=1S/C16H23ClN2O/c1-4-6-12(7-5-2)19-9-8-14(20)15-13(17)10-11(3)18-16(15)19/h10,12H,4-9H2,1-3H3. The SMILES string of the molecule is CCCC(CCC)N1CCC(=O)c2c(Cl)cc(C)nc21. The molecule has 2 heterocycles. The summed E-state index contributed by atoms with van der Waals surface area (Å²) >= 11 is 6.28. The van der Waals surface area contributed by atoms with E-state index >= 15 is 0 Å². The van der Waals surface area contributed by atoms with Crippen molar-refractivity contribution in [2.75, 3.05) is 11.4 Å². The van der Waals surface area contributed by atoms with Gasteiger partial charge in [0.25, 0.3) is 0 Å². The van der Waals surface area contributed by atoms with Gasteiger partial charge in [0.15, 0.2) is 5.78 Å². The Balaban J connectivity index is 2.43. The number of hydrogen-bond acceptors (Lipinski definition) is 3. The maximum absolute atomic E-state index is 12.2. The highest BCUT2D eigenvalue weighted by molar-refractivity contribution is 6.34. The molecule has 4 heteroatoms. The van der Waals surface area contributed by atoms with Gasteiger partial charge in [-0.3, -0.25) is 4.79 Å². The van der Waals surface area contributed by atoms with E-state index in [9.17, 15) is 4.79 Å². The first kappa shape index (κ1) is 15.3. The van der Waals surface area contributed by atoms with Crippen molar-refractivity contribution in [3.63, 3.8) is 0 Å². The number of nitrogens with zero attached hydrogens (tertiary/aromatic N) is 2. The number of fused-ring (bicyclic) bond motifs is 1. The molecule has 0 fully saturated rings. The summed E-state index contributed by atoms with van der Waals surface area (Å²) in [5, 5.41) is 0.550. The van der Waals surface area contributed by atoms with Crippen LogP contribution in [0.2, 0.25) is 5.02 Å². The minimum absolute atomic E-state index is 0.125. The van der Waals surface area contributed by atoms with E-state index in [1.807, 2.05) is 6.92 Å². The molecule has 0 spiro atoms. The lowest BCUT2D eigenvalue weighted by molar-refractivity contribution is 0.0978. The number of hydrogen-bond donors (Lipinski definition) is 0. The van der Waals surface area contributed by atoms with Crippen molar-refractivity contribution in [2.24, 2.45) is 0 Å². The van der Waals surface area contributed by atoms with Crippen LogP contribution in [0.3, 0.4) is 0 Å². The molecule has 0 unspecified atom stereocenters. The van der Waals surface area contributed by atoms with Crippen LogP contribution in [-0.4, -0.2) is 23.4 Å². The Labute approximate surface area is 126 Å². The smallest absolute Gasteiger partial charge is 0.169 e. The quantitative estimate of drug-likeness (QED) is 0.807. The average molecular weight is 295 g/mol. The molecule has 1 aromatic rings. The maximum atomic E-state index is 12.2. The second-order valence-corrected chi connectivity index (χ2v) is 5.95. The van der Waals surface area contributed by atoms with Crippen LogP contribution in [0.1, 0.15) is 62.0 Å². The molecule has 0 radical (unpaired) electrons. The van der Waals surface area contributed by atoms with Gasteiger partial charge in [-0.15, -0.1) is 0 Å². The van der Waals surface area contributed by atoms with Crippen LogP contribution in [0.5, 0.6) is 0 Å². The summed E-state index contributed by atoms with van der Waals surface area (Å²) in [6.07, 6.45) is 5.10. The van der Waals surface area contributed by atoms with Gasteiger partial charge in [0.05, 0.1) is 10.6 Å². The van der Waals surface area contributed by atoms with Gasteiger partial charge in [0, 0.05) is 24.7 Å². The van der Waals surface area contributed by atoms with Crippen LogP contribution < -0.4 is 4.90 Å². The van der Waals surface area contributed by atoms with E-state index in [-0.39, 0.29) is 5.78 Å². The summed E-state index contributed by atoms with van der Waals surface area (Å²) in [5.41, 5.74) is 1.50. The van der Waals surface area contributed by atoms with Gasteiger partial charge >= 0.3 is 0 Å². The molecule has 1 aromatic heterocycles. The Morgan fingerprint density at radius 1 is 1.35 bits per heavy atom. The highest BCUT2D eigenvalue weighted by atomic mass is 35.5. The Morgan fingerprint density at radius 2 is 2.00 bits per heavy atom. The molecule has 3 nitrogen and oxygen atoms in total. The van der Waals surface area contributed by atoms with Crippen LogP contribution in [0.25, 0.3) is 0 Å². The van der Waals surface area contributed by atoms with Gasteiger partial charge in [-0.1, -0.05) is 38.3 Å². The van der Waals surface area contributed by atoms with E-state index in [0.29, 0.717) is 23.0 Å². The Morgan fingerprint density at radius 3 is 2.60 bits per heavy atom. The molecular formula is C16H23ClN2O. The predicted molar refractivity (Wildman–Crippen MR) is 83.9 cm³/mol. The van der Waals surface area contributed by atoms with Crippen molar-refractivity contribution in [1.29, 1.82) is 0 Å². The second-order valence-electron chi connectivity index (χ2n) is 5.54. The molecule has 0 saturated heterocycles. The minimum Gasteiger partial charge on any atom is -0.353 e. The van der Waals surface area contributed by atoms with E-state index in [2.05, 4.69) is 23.7 Å². The predicted octanol–water partition coefficient (Wildman–Crippen LogP) is 4.41. The third-order valence-electron chi connectivity index (χ3n) is 3.90. The first-order valence-corrected chi connectivity index (χ1v) is 7.93. The first-order chi connectivity index (χ1) is 9.58. The third-order valence-corrected chi connectivity index (χ3v) is 4.19. The average Bonchev–Trinajstić information content (AvgIpc) is 2.38. The number of anilines is 1. The highest BCUT2D eigenvalue weighted by Gasteiger charge is 2.30. The summed E-state index contributed by atoms with van der Waals surface area (Å²) < 4.78 is 0. The van der Waals surface area contributed by atoms with Gasteiger partial charge in [0.1, 0.15) is 5.82 Å². The maximum Gasteiger partial charge on any atom is 0.169 e. The molecule has 20 heavy (non-hydrogen) atoms.